The first-order valence-electron chi connectivity index (χ1n) is 15.3. The number of carbonyl (C=O) groups excluding carboxylic acids is 2. The lowest BCUT2D eigenvalue weighted by molar-refractivity contribution is -0.117. The molecule has 9 nitrogen and oxygen atoms in total. The molecule has 0 spiro atoms. The van der Waals surface area contributed by atoms with Crippen molar-refractivity contribution in [2.45, 2.75) is 19.3 Å². The number of anilines is 3. The number of carbonyl (C=O) groups is 2. The van der Waals surface area contributed by atoms with Crippen molar-refractivity contribution in [2.24, 2.45) is 0 Å². The molecule has 2 saturated heterocycles. The number of morpholine rings is 1. The highest BCUT2D eigenvalue weighted by molar-refractivity contribution is 6.03. The van der Waals surface area contributed by atoms with Gasteiger partial charge in [0.2, 0.25) is 5.91 Å². The van der Waals surface area contributed by atoms with Crippen LogP contribution in [0.5, 0.6) is 5.75 Å². The summed E-state index contributed by atoms with van der Waals surface area (Å²) < 4.78 is 11.0. The Kier molecular flexibility index (Phi) is 10.5. The van der Waals surface area contributed by atoms with Crippen LogP contribution in [0.15, 0.2) is 72.8 Å². The van der Waals surface area contributed by atoms with Crippen LogP contribution in [0.3, 0.4) is 0 Å². The zero-order valence-electron chi connectivity index (χ0n) is 25.3. The second-order valence-electron chi connectivity index (χ2n) is 10.9. The monoisotopic (exact) mass is 585 g/mol. The predicted molar refractivity (Wildman–Crippen MR) is 172 cm³/mol. The topological polar surface area (TPSA) is 86.4 Å². The molecule has 3 aromatic rings. The van der Waals surface area contributed by atoms with Crippen molar-refractivity contribution in [3.05, 3.63) is 83.9 Å². The standard InChI is InChI=1S/C34H43N5O4/c1-3-28(26-9-5-4-6-10-26)34(41)36-27-13-14-30(29(25-27)33(40)35-15-16-37-21-23-43-24-22-37)38-17-19-39(20-18-38)31-11-7-8-12-32(31)42-2/h4-14,25,28H,3,15-24H2,1-2H3,(H,35,40)(H,36,41). The maximum atomic E-state index is 13.6. The van der Waals surface area contributed by atoms with Crippen molar-refractivity contribution in [1.29, 1.82) is 0 Å². The number of piperazine rings is 1. The van der Waals surface area contributed by atoms with Crippen LogP contribution in [0.25, 0.3) is 0 Å². The summed E-state index contributed by atoms with van der Waals surface area (Å²) in [5, 5.41) is 6.21. The maximum absolute atomic E-state index is 13.6. The maximum Gasteiger partial charge on any atom is 0.253 e. The van der Waals surface area contributed by atoms with Gasteiger partial charge < -0.3 is 29.9 Å². The fourth-order valence-corrected chi connectivity index (χ4v) is 5.89. The first-order chi connectivity index (χ1) is 21.1. The fraction of sp³-hybridized carbons (Fsp3) is 0.412. The third-order valence-corrected chi connectivity index (χ3v) is 8.30. The molecule has 228 valence electrons. The summed E-state index contributed by atoms with van der Waals surface area (Å²) in [5.41, 5.74) is 4.12. The lowest BCUT2D eigenvalue weighted by Gasteiger charge is -2.38. The van der Waals surface area contributed by atoms with Crippen LogP contribution in [-0.2, 0) is 9.53 Å². The van der Waals surface area contributed by atoms with E-state index in [1.54, 1.807) is 7.11 Å². The van der Waals surface area contributed by atoms with Crippen molar-refractivity contribution in [1.82, 2.24) is 10.2 Å². The highest BCUT2D eigenvalue weighted by Crippen LogP contribution is 2.31. The van der Waals surface area contributed by atoms with Crippen molar-refractivity contribution >= 4 is 28.9 Å². The molecule has 0 bridgehead atoms. The highest BCUT2D eigenvalue weighted by atomic mass is 16.5. The van der Waals surface area contributed by atoms with Gasteiger partial charge in [-0.3, -0.25) is 14.5 Å². The van der Waals surface area contributed by atoms with E-state index in [-0.39, 0.29) is 17.7 Å². The number of hydrogen-bond donors (Lipinski definition) is 2. The number of ether oxygens (including phenoxy) is 2. The van der Waals surface area contributed by atoms with E-state index in [1.807, 2.05) is 73.7 Å². The molecule has 5 rings (SSSR count). The van der Waals surface area contributed by atoms with Crippen molar-refractivity contribution in [2.75, 3.05) is 87.8 Å². The molecule has 2 heterocycles. The summed E-state index contributed by atoms with van der Waals surface area (Å²) in [6, 6.07) is 23.6. The van der Waals surface area contributed by atoms with Crippen LogP contribution >= 0.6 is 0 Å². The first-order valence-corrected chi connectivity index (χ1v) is 15.3. The van der Waals surface area contributed by atoms with Gasteiger partial charge in [0.1, 0.15) is 5.75 Å². The lowest BCUT2D eigenvalue weighted by atomic mass is 9.95. The second-order valence-corrected chi connectivity index (χ2v) is 10.9. The summed E-state index contributed by atoms with van der Waals surface area (Å²) in [4.78, 5) is 33.9. The smallest absolute Gasteiger partial charge is 0.253 e. The zero-order valence-corrected chi connectivity index (χ0v) is 25.3. The van der Waals surface area contributed by atoms with E-state index in [9.17, 15) is 9.59 Å². The summed E-state index contributed by atoms with van der Waals surface area (Å²) >= 11 is 0. The first kappa shape index (κ1) is 30.4. The van der Waals surface area contributed by atoms with Gasteiger partial charge in [-0.05, 0) is 42.3 Å². The average molecular weight is 586 g/mol. The Morgan fingerprint density at radius 3 is 2.23 bits per heavy atom. The minimum atomic E-state index is -0.269. The minimum Gasteiger partial charge on any atom is -0.495 e. The molecule has 0 aromatic heterocycles. The van der Waals surface area contributed by atoms with Crippen molar-refractivity contribution in [3.8, 4) is 5.75 Å². The molecule has 2 N–H and O–H groups in total. The average Bonchev–Trinajstić information content (AvgIpc) is 3.06. The van der Waals surface area contributed by atoms with Crippen molar-refractivity contribution < 1.29 is 19.1 Å². The number of nitrogens with one attached hydrogen (secondary N) is 2. The molecule has 1 unspecified atom stereocenters. The number of nitrogens with zero attached hydrogens (tertiary/aromatic N) is 3. The molecular weight excluding hydrogens is 542 g/mol. The molecule has 43 heavy (non-hydrogen) atoms. The number of benzene rings is 3. The summed E-state index contributed by atoms with van der Waals surface area (Å²) in [6.45, 7) is 9.63. The predicted octanol–water partition coefficient (Wildman–Crippen LogP) is 4.22. The minimum absolute atomic E-state index is 0.0782. The number of para-hydroxylation sites is 2. The number of amides is 2. The third-order valence-electron chi connectivity index (χ3n) is 8.30. The molecule has 2 aliphatic heterocycles. The van der Waals surface area contributed by atoms with Crippen LogP contribution in [0.4, 0.5) is 17.1 Å². The van der Waals surface area contributed by atoms with E-state index in [4.69, 9.17) is 9.47 Å². The van der Waals surface area contributed by atoms with Gasteiger partial charge in [-0.1, -0.05) is 49.4 Å². The molecule has 9 heteroatoms. The van der Waals surface area contributed by atoms with E-state index in [2.05, 4.69) is 31.4 Å². The van der Waals surface area contributed by atoms with Crippen molar-refractivity contribution in [3.63, 3.8) is 0 Å². The van der Waals surface area contributed by atoms with E-state index >= 15 is 0 Å². The summed E-state index contributed by atoms with van der Waals surface area (Å²) in [6.07, 6.45) is 0.680. The molecule has 1 atom stereocenters. The van der Waals surface area contributed by atoms with Gasteiger partial charge >= 0.3 is 0 Å². The van der Waals surface area contributed by atoms with Gasteiger partial charge in [-0.25, -0.2) is 0 Å². The Hall–Kier alpha value is -4.08. The fourth-order valence-electron chi connectivity index (χ4n) is 5.89. The number of hydrogen-bond acceptors (Lipinski definition) is 7. The van der Waals surface area contributed by atoms with Crippen LogP contribution in [0.1, 0.15) is 35.2 Å². The van der Waals surface area contributed by atoms with Gasteiger partial charge in [-0.15, -0.1) is 0 Å². The summed E-state index contributed by atoms with van der Waals surface area (Å²) in [7, 11) is 1.70. The van der Waals surface area contributed by atoms with E-state index in [0.717, 1.165) is 81.7 Å². The molecule has 0 radical (unpaired) electrons. The van der Waals surface area contributed by atoms with Crippen LogP contribution in [-0.4, -0.2) is 89.4 Å². The van der Waals surface area contributed by atoms with Gasteiger partial charge in [0.05, 0.1) is 37.5 Å². The molecule has 3 aromatic carbocycles. The Labute approximate surface area is 254 Å². The molecule has 0 saturated carbocycles. The van der Waals surface area contributed by atoms with Gasteiger partial charge in [0.25, 0.3) is 5.91 Å². The Morgan fingerprint density at radius 2 is 1.53 bits per heavy atom. The SMILES string of the molecule is CCC(C(=O)Nc1ccc(N2CCN(c3ccccc3OC)CC2)c(C(=O)NCCN2CCOCC2)c1)c1ccccc1. The van der Waals surface area contributed by atoms with Gasteiger partial charge in [0, 0.05) is 63.7 Å². The van der Waals surface area contributed by atoms with Gasteiger partial charge in [-0.2, -0.15) is 0 Å². The van der Waals surface area contributed by atoms with E-state index < -0.39 is 0 Å². The number of methoxy groups -OCH3 is 1. The highest BCUT2D eigenvalue weighted by Gasteiger charge is 2.25. The Morgan fingerprint density at radius 1 is 0.860 bits per heavy atom. The molecular formula is C34H43N5O4. The van der Waals surface area contributed by atoms with Crippen LogP contribution in [0.2, 0.25) is 0 Å². The Bertz CT molecular complexity index is 1350. The second kappa shape index (κ2) is 14.9. The third kappa shape index (κ3) is 7.66. The van der Waals surface area contributed by atoms with E-state index in [1.165, 1.54) is 0 Å². The van der Waals surface area contributed by atoms with Crippen LogP contribution in [0, 0.1) is 0 Å². The zero-order chi connectivity index (χ0) is 30.0. The molecule has 2 fully saturated rings. The normalized spacial score (nSPS) is 16.4. The molecule has 0 aliphatic carbocycles. The van der Waals surface area contributed by atoms with E-state index in [0.29, 0.717) is 24.2 Å². The number of rotatable bonds is 11. The summed E-state index contributed by atoms with van der Waals surface area (Å²) in [5.74, 6) is 0.374. The molecule has 2 aliphatic rings. The quantitative estimate of drug-likeness (QED) is 0.349. The lowest BCUT2D eigenvalue weighted by Crippen LogP contribution is -2.47. The molecule has 2 amide bonds. The largest absolute Gasteiger partial charge is 0.495 e. The van der Waals surface area contributed by atoms with Crippen LogP contribution < -0.4 is 25.2 Å². The Balaban J connectivity index is 1.32. The van der Waals surface area contributed by atoms with Gasteiger partial charge in [0.15, 0.2) is 0 Å².